The number of nitrogens with one attached hydrogen (secondary N) is 1. The van der Waals surface area contributed by atoms with Crippen molar-refractivity contribution in [2.24, 2.45) is 0 Å². The molecule has 0 aliphatic carbocycles. The zero-order valence-corrected chi connectivity index (χ0v) is 13.9. The smallest absolute Gasteiger partial charge is 0.251 e. The number of carbonyl (C=O) groups excluding carboxylic acids is 1. The molecule has 24 heavy (non-hydrogen) atoms. The summed E-state index contributed by atoms with van der Waals surface area (Å²) < 4.78 is 18.8. The van der Waals surface area contributed by atoms with Crippen LogP contribution in [-0.4, -0.2) is 38.1 Å². The van der Waals surface area contributed by atoms with Gasteiger partial charge in [0.05, 0.1) is 12.6 Å². The van der Waals surface area contributed by atoms with Crippen LogP contribution in [0.3, 0.4) is 0 Å². The molecule has 1 unspecified atom stereocenters. The van der Waals surface area contributed by atoms with Gasteiger partial charge in [0.25, 0.3) is 5.91 Å². The molecule has 3 rings (SSSR count). The van der Waals surface area contributed by atoms with E-state index in [1.807, 2.05) is 26.2 Å². The molecule has 1 heterocycles. The van der Waals surface area contributed by atoms with Crippen LogP contribution < -0.4 is 10.1 Å². The quantitative estimate of drug-likeness (QED) is 0.918. The Kier molecular flexibility index (Phi) is 4.81. The third-order valence-corrected chi connectivity index (χ3v) is 4.26. The van der Waals surface area contributed by atoms with Crippen LogP contribution in [0.15, 0.2) is 42.5 Å². The molecule has 0 spiro atoms. The molecular formula is C19H21FN2O2. The number of hydrogen-bond acceptors (Lipinski definition) is 3. The second-order valence-corrected chi connectivity index (χ2v) is 6.17. The van der Waals surface area contributed by atoms with Gasteiger partial charge in [0, 0.05) is 18.5 Å². The van der Waals surface area contributed by atoms with Crippen LogP contribution in [0.25, 0.3) is 0 Å². The predicted octanol–water partition coefficient (Wildman–Crippen LogP) is 2.79. The number of benzene rings is 2. The molecule has 5 heteroatoms. The van der Waals surface area contributed by atoms with Gasteiger partial charge in [-0.05, 0) is 49.5 Å². The van der Waals surface area contributed by atoms with E-state index in [0.717, 1.165) is 24.3 Å². The Labute approximate surface area is 141 Å². The highest BCUT2D eigenvalue weighted by Crippen LogP contribution is 2.29. The van der Waals surface area contributed by atoms with Crippen molar-refractivity contribution in [3.63, 3.8) is 0 Å². The molecule has 0 saturated heterocycles. The van der Waals surface area contributed by atoms with Crippen LogP contribution in [-0.2, 0) is 6.42 Å². The summed E-state index contributed by atoms with van der Waals surface area (Å²) in [6.45, 7) is 1.17. The monoisotopic (exact) mass is 328 g/mol. The Hall–Kier alpha value is -2.40. The van der Waals surface area contributed by atoms with Crippen LogP contribution in [0, 0.1) is 5.82 Å². The summed E-state index contributed by atoms with van der Waals surface area (Å²) in [5, 5.41) is 2.90. The highest BCUT2D eigenvalue weighted by molar-refractivity contribution is 5.94. The van der Waals surface area contributed by atoms with Crippen LogP contribution in [0.4, 0.5) is 4.39 Å². The number of rotatable bonds is 5. The van der Waals surface area contributed by atoms with Gasteiger partial charge in [0.15, 0.2) is 0 Å². The van der Waals surface area contributed by atoms with Crippen LogP contribution in [0.5, 0.6) is 5.75 Å². The molecule has 0 radical (unpaired) electrons. The zero-order chi connectivity index (χ0) is 17.1. The summed E-state index contributed by atoms with van der Waals surface area (Å²) in [6.07, 6.45) is 0.916. The SMILES string of the molecule is CN(C)C(CNC(=O)c1cccc(F)c1)c1ccc2c(c1)CCO2. The van der Waals surface area contributed by atoms with Crippen LogP contribution in [0.1, 0.15) is 27.5 Å². The molecule has 1 aliphatic rings. The normalized spacial score (nSPS) is 14.2. The minimum absolute atomic E-state index is 0.0356. The highest BCUT2D eigenvalue weighted by atomic mass is 19.1. The van der Waals surface area contributed by atoms with Gasteiger partial charge in [0.2, 0.25) is 0 Å². The van der Waals surface area contributed by atoms with Gasteiger partial charge in [-0.15, -0.1) is 0 Å². The minimum atomic E-state index is -0.412. The van der Waals surface area contributed by atoms with Crippen molar-refractivity contribution in [2.45, 2.75) is 12.5 Å². The van der Waals surface area contributed by atoms with E-state index in [-0.39, 0.29) is 11.9 Å². The fourth-order valence-corrected chi connectivity index (χ4v) is 2.93. The van der Waals surface area contributed by atoms with E-state index in [4.69, 9.17) is 4.74 Å². The Morgan fingerprint density at radius 2 is 2.12 bits per heavy atom. The molecule has 0 saturated carbocycles. The second kappa shape index (κ2) is 7.01. The molecule has 1 aliphatic heterocycles. The van der Waals surface area contributed by atoms with E-state index >= 15 is 0 Å². The maximum atomic E-state index is 13.2. The molecule has 1 atom stereocenters. The number of likely N-dealkylation sites (N-methyl/N-ethyl adjacent to an activating group) is 1. The van der Waals surface area contributed by atoms with Crippen molar-refractivity contribution in [3.8, 4) is 5.75 Å². The van der Waals surface area contributed by atoms with Crippen molar-refractivity contribution in [3.05, 3.63) is 65.0 Å². The van der Waals surface area contributed by atoms with E-state index in [9.17, 15) is 9.18 Å². The van der Waals surface area contributed by atoms with Crippen molar-refractivity contribution >= 4 is 5.91 Å². The molecule has 1 N–H and O–H groups in total. The van der Waals surface area contributed by atoms with Gasteiger partial charge in [-0.2, -0.15) is 0 Å². The summed E-state index contributed by atoms with van der Waals surface area (Å²) >= 11 is 0. The largest absolute Gasteiger partial charge is 0.493 e. The number of fused-ring (bicyclic) bond motifs is 1. The van der Waals surface area contributed by atoms with Crippen molar-refractivity contribution in [1.29, 1.82) is 0 Å². The lowest BCUT2D eigenvalue weighted by atomic mass is 10.0. The first kappa shape index (κ1) is 16.5. The van der Waals surface area contributed by atoms with E-state index in [0.29, 0.717) is 12.1 Å². The average Bonchev–Trinajstić information content (AvgIpc) is 3.02. The number of halogens is 1. The topological polar surface area (TPSA) is 41.6 Å². The molecule has 1 amide bonds. The number of amides is 1. The lowest BCUT2D eigenvalue weighted by Crippen LogP contribution is -2.34. The summed E-state index contributed by atoms with van der Waals surface area (Å²) in [5.41, 5.74) is 2.66. The first-order valence-electron chi connectivity index (χ1n) is 8.00. The summed E-state index contributed by atoms with van der Waals surface area (Å²) in [4.78, 5) is 14.3. The first-order chi connectivity index (χ1) is 11.5. The van der Waals surface area contributed by atoms with Gasteiger partial charge in [-0.1, -0.05) is 18.2 Å². The van der Waals surface area contributed by atoms with E-state index in [1.165, 1.54) is 23.8 Å². The van der Waals surface area contributed by atoms with Gasteiger partial charge >= 0.3 is 0 Å². The fraction of sp³-hybridized carbons (Fsp3) is 0.316. The third kappa shape index (κ3) is 3.57. The molecule has 0 bridgehead atoms. The maximum Gasteiger partial charge on any atom is 0.251 e. The average molecular weight is 328 g/mol. The summed E-state index contributed by atoms with van der Waals surface area (Å²) in [6, 6.07) is 11.9. The Bertz CT molecular complexity index is 746. The fourth-order valence-electron chi connectivity index (χ4n) is 2.93. The van der Waals surface area contributed by atoms with Gasteiger partial charge < -0.3 is 15.0 Å². The Morgan fingerprint density at radius 3 is 2.88 bits per heavy atom. The maximum absolute atomic E-state index is 13.2. The minimum Gasteiger partial charge on any atom is -0.493 e. The molecule has 126 valence electrons. The molecular weight excluding hydrogens is 307 g/mol. The van der Waals surface area contributed by atoms with Gasteiger partial charge in [-0.3, -0.25) is 4.79 Å². The molecule has 4 nitrogen and oxygen atoms in total. The zero-order valence-electron chi connectivity index (χ0n) is 13.9. The van der Waals surface area contributed by atoms with Crippen molar-refractivity contribution in [2.75, 3.05) is 27.2 Å². The highest BCUT2D eigenvalue weighted by Gasteiger charge is 2.19. The standard InChI is InChI=1S/C19H21FN2O2/c1-22(2)17(13-6-7-18-14(10-13)8-9-24-18)12-21-19(23)15-4-3-5-16(20)11-15/h3-7,10-11,17H,8-9,12H2,1-2H3,(H,21,23). The summed E-state index contributed by atoms with van der Waals surface area (Å²) in [5.74, 6) is 0.260. The predicted molar refractivity (Wildman–Crippen MR) is 90.8 cm³/mol. The van der Waals surface area contributed by atoms with Crippen molar-refractivity contribution < 1.29 is 13.9 Å². The third-order valence-electron chi connectivity index (χ3n) is 4.26. The summed E-state index contributed by atoms with van der Waals surface area (Å²) in [7, 11) is 3.95. The molecule has 0 aromatic heterocycles. The molecule has 0 fully saturated rings. The second-order valence-electron chi connectivity index (χ2n) is 6.17. The Balaban J connectivity index is 1.72. The van der Waals surface area contributed by atoms with Crippen LogP contribution >= 0.6 is 0 Å². The van der Waals surface area contributed by atoms with Crippen LogP contribution in [0.2, 0.25) is 0 Å². The number of nitrogens with zero attached hydrogens (tertiary/aromatic N) is 1. The molecule has 2 aromatic carbocycles. The van der Waals surface area contributed by atoms with Crippen molar-refractivity contribution in [1.82, 2.24) is 10.2 Å². The van der Waals surface area contributed by atoms with E-state index in [1.54, 1.807) is 6.07 Å². The lowest BCUT2D eigenvalue weighted by molar-refractivity contribution is 0.0941. The first-order valence-corrected chi connectivity index (χ1v) is 8.00. The van der Waals surface area contributed by atoms with E-state index < -0.39 is 5.82 Å². The van der Waals surface area contributed by atoms with Gasteiger partial charge in [0.1, 0.15) is 11.6 Å². The van der Waals surface area contributed by atoms with Gasteiger partial charge in [-0.25, -0.2) is 4.39 Å². The Morgan fingerprint density at radius 1 is 1.29 bits per heavy atom. The number of carbonyl (C=O) groups is 1. The molecule has 2 aromatic rings. The lowest BCUT2D eigenvalue weighted by Gasteiger charge is -2.25. The number of hydrogen-bond donors (Lipinski definition) is 1. The van der Waals surface area contributed by atoms with E-state index in [2.05, 4.69) is 16.3 Å². The number of ether oxygens (including phenoxy) is 1.